The zero-order valence-corrected chi connectivity index (χ0v) is 14.1. The Morgan fingerprint density at radius 3 is 3.00 bits per heavy atom. The van der Waals surface area contributed by atoms with Gasteiger partial charge in [-0.3, -0.25) is 0 Å². The second kappa shape index (κ2) is 6.24. The van der Waals surface area contributed by atoms with Crippen molar-refractivity contribution in [3.05, 3.63) is 45.7 Å². The van der Waals surface area contributed by atoms with E-state index in [-0.39, 0.29) is 0 Å². The first-order chi connectivity index (χ1) is 10.2. The van der Waals surface area contributed by atoms with Crippen LogP contribution in [-0.2, 0) is 6.42 Å². The van der Waals surface area contributed by atoms with Gasteiger partial charge in [0.25, 0.3) is 0 Å². The SMILES string of the molecule is CCNC1CCCc2nc(-c3ccc(Br)cc3C)ncc21. The minimum absolute atomic E-state index is 0.416. The molecule has 1 aromatic heterocycles. The Labute approximate surface area is 134 Å². The van der Waals surface area contributed by atoms with Crippen LogP contribution in [0, 0.1) is 6.92 Å². The Bertz CT molecular complexity index is 654. The molecule has 0 amide bonds. The molecule has 1 atom stereocenters. The van der Waals surface area contributed by atoms with Crippen LogP contribution >= 0.6 is 15.9 Å². The van der Waals surface area contributed by atoms with E-state index in [1.807, 2.05) is 12.3 Å². The molecule has 1 aliphatic carbocycles. The Morgan fingerprint density at radius 2 is 2.24 bits per heavy atom. The van der Waals surface area contributed by atoms with Crippen molar-refractivity contribution in [1.29, 1.82) is 0 Å². The number of hydrogen-bond acceptors (Lipinski definition) is 3. The number of hydrogen-bond donors (Lipinski definition) is 1. The first-order valence-electron chi connectivity index (χ1n) is 7.54. The van der Waals surface area contributed by atoms with E-state index in [4.69, 9.17) is 4.98 Å². The normalized spacial score (nSPS) is 17.6. The van der Waals surface area contributed by atoms with E-state index in [9.17, 15) is 0 Å². The van der Waals surface area contributed by atoms with Crippen molar-refractivity contribution in [3.8, 4) is 11.4 Å². The Hall–Kier alpha value is -1.26. The van der Waals surface area contributed by atoms with Crippen LogP contribution in [0.4, 0.5) is 0 Å². The van der Waals surface area contributed by atoms with Crippen LogP contribution in [0.2, 0.25) is 0 Å². The molecule has 4 heteroatoms. The van der Waals surface area contributed by atoms with Gasteiger partial charge in [-0.05, 0) is 56.5 Å². The van der Waals surface area contributed by atoms with Crippen LogP contribution in [0.5, 0.6) is 0 Å². The second-order valence-corrected chi connectivity index (χ2v) is 6.47. The van der Waals surface area contributed by atoms with Crippen molar-refractivity contribution in [1.82, 2.24) is 15.3 Å². The van der Waals surface area contributed by atoms with E-state index >= 15 is 0 Å². The first-order valence-corrected chi connectivity index (χ1v) is 8.34. The van der Waals surface area contributed by atoms with Gasteiger partial charge in [-0.1, -0.05) is 22.9 Å². The number of nitrogens with zero attached hydrogens (tertiary/aromatic N) is 2. The smallest absolute Gasteiger partial charge is 0.159 e. The number of aryl methyl sites for hydroxylation is 2. The standard InChI is InChI=1S/C17H20BrN3/c1-3-19-15-5-4-6-16-14(15)10-20-17(21-16)13-8-7-12(18)9-11(13)2/h7-10,15,19H,3-6H2,1-2H3. The van der Waals surface area contributed by atoms with Gasteiger partial charge >= 0.3 is 0 Å². The van der Waals surface area contributed by atoms with E-state index < -0.39 is 0 Å². The topological polar surface area (TPSA) is 37.8 Å². The van der Waals surface area contributed by atoms with Gasteiger partial charge in [-0.2, -0.15) is 0 Å². The van der Waals surface area contributed by atoms with Gasteiger partial charge in [-0.25, -0.2) is 9.97 Å². The number of rotatable bonds is 3. The summed E-state index contributed by atoms with van der Waals surface area (Å²) < 4.78 is 1.09. The maximum Gasteiger partial charge on any atom is 0.159 e. The van der Waals surface area contributed by atoms with Crippen LogP contribution in [0.25, 0.3) is 11.4 Å². The monoisotopic (exact) mass is 345 g/mol. The molecule has 0 bridgehead atoms. The van der Waals surface area contributed by atoms with E-state index in [0.29, 0.717) is 6.04 Å². The maximum absolute atomic E-state index is 4.84. The highest BCUT2D eigenvalue weighted by molar-refractivity contribution is 9.10. The van der Waals surface area contributed by atoms with E-state index in [0.717, 1.165) is 28.8 Å². The third-order valence-electron chi connectivity index (χ3n) is 4.06. The number of halogens is 1. The fourth-order valence-electron chi connectivity index (χ4n) is 3.01. The molecule has 110 valence electrons. The van der Waals surface area contributed by atoms with Crippen molar-refractivity contribution in [2.75, 3.05) is 6.54 Å². The molecule has 1 N–H and O–H groups in total. The first kappa shape index (κ1) is 14.7. The van der Waals surface area contributed by atoms with Gasteiger partial charge in [0, 0.05) is 33.5 Å². The van der Waals surface area contributed by atoms with Crippen LogP contribution in [0.1, 0.15) is 42.6 Å². The average molecular weight is 346 g/mol. The second-order valence-electron chi connectivity index (χ2n) is 5.56. The highest BCUT2D eigenvalue weighted by Crippen LogP contribution is 2.30. The van der Waals surface area contributed by atoms with Gasteiger partial charge in [-0.15, -0.1) is 0 Å². The largest absolute Gasteiger partial charge is 0.310 e. The lowest BCUT2D eigenvalue weighted by atomic mass is 9.92. The molecule has 3 rings (SSSR count). The molecule has 0 saturated heterocycles. The molecule has 1 aromatic carbocycles. The molecule has 21 heavy (non-hydrogen) atoms. The molecule has 1 aliphatic rings. The number of benzene rings is 1. The predicted molar refractivity (Wildman–Crippen MR) is 89.3 cm³/mol. The third kappa shape index (κ3) is 3.01. The number of nitrogens with one attached hydrogen (secondary N) is 1. The minimum Gasteiger partial charge on any atom is -0.310 e. The molecule has 0 fully saturated rings. The van der Waals surface area contributed by atoms with Crippen LogP contribution in [-0.4, -0.2) is 16.5 Å². The fourth-order valence-corrected chi connectivity index (χ4v) is 3.49. The van der Waals surface area contributed by atoms with Crippen LogP contribution in [0.3, 0.4) is 0 Å². The average Bonchev–Trinajstić information content (AvgIpc) is 2.47. The van der Waals surface area contributed by atoms with Gasteiger partial charge in [0.05, 0.1) is 0 Å². The molecular weight excluding hydrogens is 326 g/mol. The molecule has 1 unspecified atom stereocenters. The van der Waals surface area contributed by atoms with Gasteiger partial charge in [0.15, 0.2) is 5.82 Å². The molecule has 0 saturated carbocycles. The van der Waals surface area contributed by atoms with Crippen molar-refractivity contribution >= 4 is 15.9 Å². The van der Waals surface area contributed by atoms with Crippen molar-refractivity contribution < 1.29 is 0 Å². The van der Waals surface area contributed by atoms with Crippen LogP contribution < -0.4 is 5.32 Å². The molecule has 0 radical (unpaired) electrons. The van der Waals surface area contributed by atoms with E-state index in [1.54, 1.807) is 0 Å². The van der Waals surface area contributed by atoms with Crippen molar-refractivity contribution in [2.24, 2.45) is 0 Å². The minimum atomic E-state index is 0.416. The summed E-state index contributed by atoms with van der Waals surface area (Å²) in [6.07, 6.45) is 5.45. The highest BCUT2D eigenvalue weighted by atomic mass is 79.9. The molecule has 0 aliphatic heterocycles. The Kier molecular flexibility index (Phi) is 4.36. The summed E-state index contributed by atoms with van der Waals surface area (Å²) in [5.74, 6) is 0.843. The molecule has 0 spiro atoms. The summed E-state index contributed by atoms with van der Waals surface area (Å²) in [4.78, 5) is 9.46. The molecule has 3 nitrogen and oxygen atoms in total. The lowest BCUT2D eigenvalue weighted by Crippen LogP contribution is -2.25. The fraction of sp³-hybridized carbons (Fsp3) is 0.412. The van der Waals surface area contributed by atoms with E-state index in [2.05, 4.69) is 52.2 Å². The van der Waals surface area contributed by atoms with Crippen LogP contribution in [0.15, 0.2) is 28.9 Å². The Morgan fingerprint density at radius 1 is 1.38 bits per heavy atom. The molecule has 1 heterocycles. The molecule has 2 aromatic rings. The summed E-state index contributed by atoms with van der Waals surface area (Å²) in [5.41, 5.74) is 4.80. The highest BCUT2D eigenvalue weighted by Gasteiger charge is 2.21. The summed E-state index contributed by atoms with van der Waals surface area (Å²) in [5, 5.41) is 3.53. The van der Waals surface area contributed by atoms with Crippen molar-refractivity contribution in [2.45, 2.75) is 39.2 Å². The molecular formula is C17H20BrN3. The van der Waals surface area contributed by atoms with E-state index in [1.165, 1.54) is 29.7 Å². The third-order valence-corrected chi connectivity index (χ3v) is 4.55. The zero-order chi connectivity index (χ0) is 14.8. The van der Waals surface area contributed by atoms with Crippen molar-refractivity contribution in [3.63, 3.8) is 0 Å². The summed E-state index contributed by atoms with van der Waals surface area (Å²) >= 11 is 3.50. The number of fused-ring (bicyclic) bond motifs is 1. The number of aromatic nitrogens is 2. The Balaban J connectivity index is 1.99. The van der Waals surface area contributed by atoms with Gasteiger partial charge in [0.2, 0.25) is 0 Å². The lowest BCUT2D eigenvalue weighted by Gasteiger charge is -2.25. The maximum atomic E-state index is 4.84. The quantitative estimate of drug-likeness (QED) is 0.905. The summed E-state index contributed by atoms with van der Waals surface area (Å²) in [6, 6.07) is 6.66. The zero-order valence-electron chi connectivity index (χ0n) is 12.5. The summed E-state index contributed by atoms with van der Waals surface area (Å²) in [7, 11) is 0. The van der Waals surface area contributed by atoms with Gasteiger partial charge < -0.3 is 5.32 Å². The van der Waals surface area contributed by atoms with Gasteiger partial charge in [0.1, 0.15) is 0 Å². The summed E-state index contributed by atoms with van der Waals surface area (Å²) in [6.45, 7) is 5.23. The lowest BCUT2D eigenvalue weighted by molar-refractivity contribution is 0.464. The predicted octanol–water partition coefficient (Wildman–Crippen LogP) is 4.20.